The lowest BCUT2D eigenvalue weighted by molar-refractivity contribution is -0.137. The summed E-state index contributed by atoms with van der Waals surface area (Å²) in [7, 11) is 0. The normalized spacial score (nSPS) is 11.7. The number of fused-ring (bicyclic) bond motifs is 1. The first-order chi connectivity index (χ1) is 15.1. The molecule has 0 aliphatic heterocycles. The number of benzene rings is 2. The predicted molar refractivity (Wildman–Crippen MR) is 110 cm³/mol. The fourth-order valence-corrected chi connectivity index (χ4v) is 3.42. The maximum absolute atomic E-state index is 13.3. The monoisotopic (exact) mass is 463 g/mol. The van der Waals surface area contributed by atoms with Crippen LogP contribution in [-0.2, 0) is 6.18 Å². The Bertz CT molecular complexity index is 1350. The summed E-state index contributed by atoms with van der Waals surface area (Å²) in [5.41, 5.74) is 1.21. The SMILES string of the molecule is Cc1nn2c(C)c(C(=O)Nc3cc(C(F)(F)F)ccc3Cl)nnc2c1-c1ccc(F)cc1. The van der Waals surface area contributed by atoms with Gasteiger partial charge in [0.15, 0.2) is 11.3 Å². The number of carbonyl (C=O) groups excluding carboxylic acids is 1. The van der Waals surface area contributed by atoms with E-state index in [9.17, 15) is 22.4 Å². The van der Waals surface area contributed by atoms with Crippen LogP contribution in [-0.4, -0.2) is 25.7 Å². The number of amides is 1. The summed E-state index contributed by atoms with van der Waals surface area (Å²) in [6, 6.07) is 8.37. The van der Waals surface area contributed by atoms with Crippen LogP contribution in [0.1, 0.15) is 27.4 Å². The standard InChI is InChI=1S/C21H14ClF4N5O/c1-10-17(12-3-6-14(23)7-4-12)19-29-28-18(11(2)31(19)30-10)20(32)27-16-9-13(21(24,25)26)5-8-15(16)22/h3-9H,1-2H3,(H,27,32). The highest BCUT2D eigenvalue weighted by atomic mass is 35.5. The first kappa shape index (κ1) is 21.7. The molecule has 0 saturated heterocycles. The van der Waals surface area contributed by atoms with Crippen molar-refractivity contribution in [1.29, 1.82) is 0 Å². The van der Waals surface area contributed by atoms with Crippen molar-refractivity contribution in [2.75, 3.05) is 5.32 Å². The number of rotatable bonds is 3. The van der Waals surface area contributed by atoms with Gasteiger partial charge in [-0.3, -0.25) is 4.79 Å². The molecule has 0 aliphatic carbocycles. The summed E-state index contributed by atoms with van der Waals surface area (Å²) in [4.78, 5) is 12.8. The van der Waals surface area contributed by atoms with Gasteiger partial charge in [0, 0.05) is 0 Å². The van der Waals surface area contributed by atoms with Crippen LogP contribution in [0.4, 0.5) is 23.2 Å². The van der Waals surface area contributed by atoms with Crippen LogP contribution in [0.2, 0.25) is 5.02 Å². The van der Waals surface area contributed by atoms with Crippen LogP contribution >= 0.6 is 11.6 Å². The molecule has 1 N–H and O–H groups in total. The van der Waals surface area contributed by atoms with Gasteiger partial charge in [0.2, 0.25) is 0 Å². The molecule has 6 nitrogen and oxygen atoms in total. The highest BCUT2D eigenvalue weighted by molar-refractivity contribution is 6.34. The Hall–Kier alpha value is -3.53. The molecule has 0 saturated carbocycles. The van der Waals surface area contributed by atoms with E-state index in [1.54, 1.807) is 26.0 Å². The van der Waals surface area contributed by atoms with E-state index in [4.69, 9.17) is 11.6 Å². The summed E-state index contributed by atoms with van der Waals surface area (Å²) in [5, 5.41) is 14.7. The van der Waals surface area contributed by atoms with E-state index in [1.165, 1.54) is 16.6 Å². The number of nitrogens with zero attached hydrogens (tertiary/aromatic N) is 4. The molecule has 0 spiro atoms. The van der Waals surface area contributed by atoms with Crippen molar-refractivity contribution >= 4 is 28.8 Å². The predicted octanol–water partition coefficient (Wildman–Crippen LogP) is 5.47. The number of aryl methyl sites for hydroxylation is 2. The number of hydrogen-bond donors (Lipinski definition) is 1. The van der Waals surface area contributed by atoms with Gasteiger partial charge < -0.3 is 5.32 Å². The Labute approximate surface area is 183 Å². The van der Waals surface area contributed by atoms with Gasteiger partial charge in [-0.2, -0.15) is 18.3 Å². The summed E-state index contributed by atoms with van der Waals surface area (Å²) < 4.78 is 53.7. The third kappa shape index (κ3) is 3.89. The van der Waals surface area contributed by atoms with Gasteiger partial charge >= 0.3 is 6.18 Å². The fourth-order valence-electron chi connectivity index (χ4n) is 3.25. The molecule has 4 aromatic rings. The van der Waals surface area contributed by atoms with E-state index in [-0.39, 0.29) is 16.4 Å². The van der Waals surface area contributed by atoms with E-state index in [0.29, 0.717) is 28.2 Å². The zero-order chi connectivity index (χ0) is 23.2. The molecule has 0 fully saturated rings. The van der Waals surface area contributed by atoms with Crippen LogP contribution in [0, 0.1) is 19.7 Å². The molecule has 2 aromatic heterocycles. The highest BCUT2D eigenvalue weighted by Gasteiger charge is 2.31. The molecule has 0 bridgehead atoms. The minimum atomic E-state index is -4.60. The molecular formula is C21H14ClF4N5O. The third-order valence-electron chi connectivity index (χ3n) is 4.83. The van der Waals surface area contributed by atoms with Crippen LogP contribution in [0.3, 0.4) is 0 Å². The zero-order valence-corrected chi connectivity index (χ0v) is 17.4. The first-order valence-electron chi connectivity index (χ1n) is 9.23. The molecule has 11 heteroatoms. The molecule has 0 atom stereocenters. The van der Waals surface area contributed by atoms with Crippen LogP contribution in [0.25, 0.3) is 16.8 Å². The average molecular weight is 464 g/mol. The summed E-state index contributed by atoms with van der Waals surface area (Å²) >= 11 is 5.95. The number of aromatic nitrogens is 4. The lowest BCUT2D eigenvalue weighted by Gasteiger charge is -2.12. The summed E-state index contributed by atoms with van der Waals surface area (Å²) in [6.45, 7) is 3.31. The minimum absolute atomic E-state index is 0.0634. The maximum Gasteiger partial charge on any atom is 0.416 e. The molecule has 2 heterocycles. The molecule has 0 unspecified atom stereocenters. The second-order valence-electron chi connectivity index (χ2n) is 6.98. The second-order valence-corrected chi connectivity index (χ2v) is 7.39. The molecule has 2 aromatic carbocycles. The zero-order valence-electron chi connectivity index (χ0n) is 16.6. The number of carbonyl (C=O) groups is 1. The van der Waals surface area contributed by atoms with Crippen LogP contribution in [0.5, 0.6) is 0 Å². The molecule has 32 heavy (non-hydrogen) atoms. The van der Waals surface area contributed by atoms with Crippen molar-refractivity contribution in [3.8, 4) is 11.1 Å². The van der Waals surface area contributed by atoms with Crippen molar-refractivity contribution in [3.63, 3.8) is 0 Å². The lowest BCUT2D eigenvalue weighted by Crippen LogP contribution is -2.19. The summed E-state index contributed by atoms with van der Waals surface area (Å²) in [6.07, 6.45) is -4.60. The average Bonchev–Trinajstić information content (AvgIpc) is 3.06. The van der Waals surface area contributed by atoms with Gasteiger partial charge in [-0.1, -0.05) is 23.7 Å². The van der Waals surface area contributed by atoms with Crippen molar-refractivity contribution < 1.29 is 22.4 Å². The largest absolute Gasteiger partial charge is 0.416 e. The van der Waals surface area contributed by atoms with E-state index >= 15 is 0 Å². The van der Waals surface area contributed by atoms with E-state index in [2.05, 4.69) is 20.6 Å². The number of anilines is 1. The molecule has 164 valence electrons. The smallest absolute Gasteiger partial charge is 0.319 e. The highest BCUT2D eigenvalue weighted by Crippen LogP contribution is 2.34. The number of alkyl halides is 3. The van der Waals surface area contributed by atoms with Crippen molar-refractivity contribution in [3.05, 3.63) is 75.9 Å². The van der Waals surface area contributed by atoms with Crippen molar-refractivity contribution in [2.24, 2.45) is 0 Å². The molecule has 0 aliphatic rings. The Morgan fingerprint density at radius 2 is 1.75 bits per heavy atom. The van der Waals surface area contributed by atoms with Gasteiger partial charge in [0.25, 0.3) is 5.91 Å². The fraction of sp³-hybridized carbons (Fsp3) is 0.143. The lowest BCUT2D eigenvalue weighted by atomic mass is 10.1. The van der Waals surface area contributed by atoms with E-state index in [0.717, 1.165) is 18.2 Å². The van der Waals surface area contributed by atoms with E-state index in [1.807, 2.05) is 0 Å². The quantitative estimate of drug-likeness (QED) is 0.409. The number of hydrogen-bond acceptors (Lipinski definition) is 4. The van der Waals surface area contributed by atoms with Gasteiger partial charge in [-0.25, -0.2) is 8.91 Å². The van der Waals surface area contributed by atoms with Gasteiger partial charge in [-0.15, -0.1) is 10.2 Å². The van der Waals surface area contributed by atoms with Crippen molar-refractivity contribution in [1.82, 2.24) is 19.8 Å². The Balaban J connectivity index is 1.73. The van der Waals surface area contributed by atoms with Gasteiger partial charge in [-0.05, 0) is 49.7 Å². The molecular weight excluding hydrogens is 450 g/mol. The molecule has 1 amide bonds. The topological polar surface area (TPSA) is 72.2 Å². The third-order valence-corrected chi connectivity index (χ3v) is 5.16. The maximum atomic E-state index is 13.3. The Morgan fingerprint density at radius 1 is 1.06 bits per heavy atom. The van der Waals surface area contributed by atoms with Crippen LogP contribution < -0.4 is 5.32 Å². The van der Waals surface area contributed by atoms with Crippen LogP contribution in [0.15, 0.2) is 42.5 Å². The molecule has 4 rings (SSSR count). The first-order valence-corrected chi connectivity index (χ1v) is 9.60. The Morgan fingerprint density at radius 3 is 2.41 bits per heavy atom. The summed E-state index contributed by atoms with van der Waals surface area (Å²) in [5.74, 6) is -1.19. The number of nitrogens with one attached hydrogen (secondary N) is 1. The van der Waals surface area contributed by atoms with Crippen molar-refractivity contribution in [2.45, 2.75) is 20.0 Å². The second kappa shape index (κ2) is 7.86. The Kier molecular flexibility index (Phi) is 5.33. The van der Waals surface area contributed by atoms with Gasteiger partial charge in [0.1, 0.15) is 5.82 Å². The van der Waals surface area contributed by atoms with E-state index < -0.39 is 23.5 Å². The number of halogens is 5. The molecule has 0 radical (unpaired) electrons. The van der Waals surface area contributed by atoms with Gasteiger partial charge in [0.05, 0.1) is 33.2 Å². The minimum Gasteiger partial charge on any atom is -0.319 e.